The quantitative estimate of drug-likeness (QED) is 0.268. The van der Waals surface area contributed by atoms with Crippen LogP contribution < -0.4 is 0 Å². The Hall–Kier alpha value is -3.41. The second kappa shape index (κ2) is 15.5. The van der Waals surface area contributed by atoms with E-state index >= 15 is 0 Å². The van der Waals surface area contributed by atoms with Crippen LogP contribution in [0.2, 0.25) is 0 Å². The number of rotatable bonds is 4. The number of allylic oxidation sites excluding steroid dienone is 5. The van der Waals surface area contributed by atoms with Gasteiger partial charge in [-0.25, -0.2) is 4.79 Å². The second-order valence-corrected chi connectivity index (χ2v) is 16.0. The number of aromatic nitrogens is 1. The lowest BCUT2D eigenvalue weighted by molar-refractivity contribution is -0.342. The summed E-state index contributed by atoms with van der Waals surface area (Å²) < 4.78 is 32.2. The van der Waals surface area contributed by atoms with Crippen molar-refractivity contribution >= 4 is 11.9 Å². The third-order valence-electron chi connectivity index (χ3n) is 11.2. The fourth-order valence-corrected chi connectivity index (χ4v) is 8.65. The normalized spacial score (nSPS) is 41.2. The van der Waals surface area contributed by atoms with Crippen molar-refractivity contribution in [3.05, 3.63) is 88.8 Å². The van der Waals surface area contributed by atoms with E-state index in [1.54, 1.807) is 37.4 Å². The Morgan fingerprint density at radius 2 is 1.94 bits per heavy atom. The molecule has 52 heavy (non-hydrogen) atoms. The number of hydrogen-bond donors (Lipinski definition) is 2. The van der Waals surface area contributed by atoms with Crippen LogP contribution in [-0.2, 0) is 28.5 Å². The summed E-state index contributed by atoms with van der Waals surface area (Å²) in [5.41, 5.74) is 1.71. The van der Waals surface area contributed by atoms with Crippen molar-refractivity contribution in [2.75, 3.05) is 6.61 Å². The van der Waals surface area contributed by atoms with Gasteiger partial charge in [-0.05, 0) is 74.3 Å². The van der Waals surface area contributed by atoms with Gasteiger partial charge in [-0.3, -0.25) is 9.78 Å². The number of ether oxygens (including phenoxy) is 5. The smallest absolute Gasteiger partial charge is 0.340 e. The largest absolute Gasteiger partial charge is 0.462 e. The van der Waals surface area contributed by atoms with Gasteiger partial charge in [-0.2, -0.15) is 0 Å². The number of esters is 2. The maximum atomic E-state index is 14.5. The van der Waals surface area contributed by atoms with Crippen molar-refractivity contribution in [2.45, 2.75) is 129 Å². The molecule has 5 heterocycles. The standard InChI is InChI=1S/C42H55NO9/c1-24(2)16-27(5)36-29(7)35(44)21-41(52-36)20-33-19-32(51-41)14-13-26(4)17-25(3)10-8-12-31-23-48-38-37(50-39(45)30-11-9-15-43-22-30)28(6)18-34(40(46)49-33)42(31,38)47/h8-13,15-16,18,22,24-25,29,32-38,44,47H,14,17,19-21,23H2,1-7H3/b10-8+,26-13+,27-16+,31-12+/t25-,29-,32+,33-,34-,35?,36+,37+,38+,41-,42+/m0/s1. The van der Waals surface area contributed by atoms with E-state index in [2.05, 4.69) is 50.9 Å². The Bertz CT molecular complexity index is 1640. The molecule has 0 saturated carbocycles. The average Bonchev–Trinajstić information content (AvgIpc) is 3.42. The Morgan fingerprint density at radius 3 is 2.67 bits per heavy atom. The van der Waals surface area contributed by atoms with Gasteiger partial charge in [0.15, 0.2) is 11.9 Å². The van der Waals surface area contributed by atoms with Crippen molar-refractivity contribution in [3.63, 3.8) is 0 Å². The number of carbonyl (C=O) groups is 2. The molecule has 0 amide bonds. The van der Waals surface area contributed by atoms with Crippen molar-refractivity contribution in [2.24, 2.45) is 23.7 Å². The zero-order valence-electron chi connectivity index (χ0n) is 31.5. The predicted octanol–water partition coefficient (Wildman–Crippen LogP) is 6.35. The molecule has 2 bridgehead atoms. The average molecular weight is 718 g/mol. The van der Waals surface area contributed by atoms with Crippen LogP contribution in [0.4, 0.5) is 0 Å². The summed E-state index contributed by atoms with van der Waals surface area (Å²) in [7, 11) is 0. The second-order valence-electron chi connectivity index (χ2n) is 16.0. The first kappa shape index (κ1) is 38.3. The van der Waals surface area contributed by atoms with Gasteiger partial charge in [-0.15, -0.1) is 0 Å². The summed E-state index contributed by atoms with van der Waals surface area (Å²) in [6.07, 6.45) is 13.0. The molecular formula is C42H55NO9. The van der Waals surface area contributed by atoms with Crippen molar-refractivity contribution < 1.29 is 43.5 Å². The van der Waals surface area contributed by atoms with E-state index in [1.807, 2.05) is 19.9 Å². The molecule has 3 saturated heterocycles. The lowest BCUT2D eigenvalue weighted by Crippen LogP contribution is -2.60. The van der Waals surface area contributed by atoms with Gasteiger partial charge in [0.05, 0.1) is 30.5 Å². The topological polar surface area (TPSA) is 134 Å². The lowest BCUT2D eigenvalue weighted by atomic mass is 9.70. The molecule has 6 rings (SSSR count). The molecule has 1 aliphatic carbocycles. The van der Waals surface area contributed by atoms with Crippen LogP contribution in [0.15, 0.2) is 83.3 Å². The highest BCUT2D eigenvalue weighted by Gasteiger charge is 2.61. The molecule has 0 radical (unpaired) electrons. The molecule has 2 N–H and O–H groups in total. The van der Waals surface area contributed by atoms with Gasteiger partial charge in [0, 0.05) is 37.6 Å². The van der Waals surface area contributed by atoms with E-state index in [0.717, 1.165) is 12.0 Å². The summed E-state index contributed by atoms with van der Waals surface area (Å²) >= 11 is 0. The van der Waals surface area contributed by atoms with E-state index in [0.29, 0.717) is 29.9 Å². The van der Waals surface area contributed by atoms with Crippen LogP contribution in [0, 0.1) is 23.7 Å². The third kappa shape index (κ3) is 7.92. The SMILES string of the molecule is CC1=C[C@H]2C(=O)O[C@H]3C[C@@H](C/C=C(\C)C[C@@H](C)/C=C/C=C4\CO[C@H]([C@@H]1OC(=O)c1cccnc1)[C@@]42O)O[C@@]1(CC(O)[C@H](C)[C@@H](/C(C)=C/C(C)C)O1)C3. The Balaban J connectivity index is 1.36. The number of carbonyl (C=O) groups excluding carboxylic acids is 2. The Labute approximate surface area is 307 Å². The zero-order chi connectivity index (χ0) is 37.4. The summed E-state index contributed by atoms with van der Waals surface area (Å²) in [6, 6.07) is 3.25. The number of nitrogens with zero attached hydrogens (tertiary/aromatic N) is 1. The van der Waals surface area contributed by atoms with Gasteiger partial charge in [0.1, 0.15) is 23.7 Å². The van der Waals surface area contributed by atoms with Crippen molar-refractivity contribution in [1.82, 2.24) is 4.98 Å². The van der Waals surface area contributed by atoms with Gasteiger partial charge in [0.2, 0.25) is 0 Å². The number of aliphatic hydroxyl groups is 2. The van der Waals surface area contributed by atoms with Crippen LogP contribution in [0.1, 0.15) is 90.9 Å². The highest BCUT2D eigenvalue weighted by atomic mass is 16.7. The van der Waals surface area contributed by atoms with Gasteiger partial charge < -0.3 is 33.9 Å². The molecule has 3 fully saturated rings. The van der Waals surface area contributed by atoms with Crippen LogP contribution in [0.5, 0.6) is 0 Å². The number of hydrogen-bond acceptors (Lipinski definition) is 10. The number of fused-ring (bicyclic) bond motifs is 2. The maximum absolute atomic E-state index is 14.5. The van der Waals surface area contributed by atoms with Gasteiger partial charge in [0.25, 0.3) is 0 Å². The molecule has 5 aliphatic rings. The van der Waals surface area contributed by atoms with Crippen molar-refractivity contribution in [3.8, 4) is 0 Å². The fraction of sp³-hybridized carbons (Fsp3) is 0.595. The van der Waals surface area contributed by atoms with Gasteiger partial charge >= 0.3 is 11.9 Å². The van der Waals surface area contributed by atoms with Gasteiger partial charge in [-0.1, -0.05) is 69.7 Å². The molecule has 11 atom stereocenters. The number of pyridine rings is 1. The van der Waals surface area contributed by atoms with Crippen LogP contribution >= 0.6 is 0 Å². The predicted molar refractivity (Wildman–Crippen MR) is 195 cm³/mol. The minimum Gasteiger partial charge on any atom is -0.462 e. The molecule has 1 spiro atoms. The van der Waals surface area contributed by atoms with Crippen LogP contribution in [0.25, 0.3) is 0 Å². The summed E-state index contributed by atoms with van der Waals surface area (Å²) in [5, 5.41) is 24.1. The molecule has 1 unspecified atom stereocenters. The highest BCUT2D eigenvalue weighted by Crippen LogP contribution is 2.48. The summed E-state index contributed by atoms with van der Waals surface area (Å²) in [6.45, 7) is 14.3. The van der Waals surface area contributed by atoms with E-state index in [9.17, 15) is 19.8 Å². The van der Waals surface area contributed by atoms with E-state index in [4.69, 9.17) is 23.7 Å². The minimum atomic E-state index is -1.85. The fourth-order valence-electron chi connectivity index (χ4n) is 8.65. The minimum absolute atomic E-state index is 0.0433. The van der Waals surface area contributed by atoms with E-state index < -0.39 is 53.7 Å². The molecule has 10 nitrogen and oxygen atoms in total. The molecular weight excluding hydrogens is 662 g/mol. The molecule has 1 aromatic rings. The molecule has 282 valence electrons. The summed E-state index contributed by atoms with van der Waals surface area (Å²) in [5.74, 6) is -3.20. The summed E-state index contributed by atoms with van der Waals surface area (Å²) in [4.78, 5) is 31.7. The molecule has 1 aromatic heterocycles. The molecule has 0 aromatic carbocycles. The lowest BCUT2D eigenvalue weighted by Gasteiger charge is -2.51. The Morgan fingerprint density at radius 1 is 1.15 bits per heavy atom. The zero-order valence-corrected chi connectivity index (χ0v) is 31.5. The maximum Gasteiger partial charge on any atom is 0.340 e. The first-order valence-electron chi connectivity index (χ1n) is 18.8. The van der Waals surface area contributed by atoms with Crippen LogP contribution in [0.3, 0.4) is 0 Å². The monoisotopic (exact) mass is 717 g/mol. The first-order chi connectivity index (χ1) is 24.7. The highest BCUT2D eigenvalue weighted by molar-refractivity contribution is 5.89. The Kier molecular flexibility index (Phi) is 11.4. The third-order valence-corrected chi connectivity index (χ3v) is 11.2. The van der Waals surface area contributed by atoms with Crippen LogP contribution in [-0.4, -0.2) is 81.8 Å². The van der Waals surface area contributed by atoms with E-state index in [1.165, 1.54) is 11.8 Å². The van der Waals surface area contributed by atoms with Crippen molar-refractivity contribution in [1.29, 1.82) is 0 Å². The molecule has 10 heteroatoms. The molecule has 4 aliphatic heterocycles. The van der Waals surface area contributed by atoms with E-state index in [-0.39, 0.29) is 49.1 Å². The first-order valence-corrected chi connectivity index (χ1v) is 18.8. The number of aliphatic hydroxyl groups excluding tert-OH is 1.